The first-order valence-corrected chi connectivity index (χ1v) is 10.3. The molecule has 0 bridgehead atoms. The standard InChI is InChI=1S/C25H38N2O2/c1-23(2,3)19-11-17(15(13-26)9-21(19)28)25(7,8)18-12-20(24(4,5)6)22(29)10-16(18)14-27/h9-12,28-29H,13-14,26-27H2,1-8H3. The third-order valence-corrected chi connectivity index (χ3v) is 5.85. The Labute approximate surface area is 176 Å². The minimum atomic E-state index is -0.412. The van der Waals surface area contributed by atoms with E-state index in [0.717, 1.165) is 33.4 Å². The maximum Gasteiger partial charge on any atom is 0.119 e. The van der Waals surface area contributed by atoms with Crippen molar-refractivity contribution >= 4 is 0 Å². The highest BCUT2D eigenvalue weighted by Crippen LogP contribution is 2.43. The van der Waals surface area contributed by atoms with Crippen molar-refractivity contribution in [3.63, 3.8) is 0 Å². The van der Waals surface area contributed by atoms with Crippen molar-refractivity contribution in [2.45, 2.75) is 84.7 Å². The molecule has 2 rings (SSSR count). The summed E-state index contributed by atoms with van der Waals surface area (Å²) in [6.45, 7) is 17.5. The van der Waals surface area contributed by atoms with E-state index in [-0.39, 0.29) is 22.3 Å². The molecule has 0 heterocycles. The fourth-order valence-electron chi connectivity index (χ4n) is 4.11. The van der Waals surface area contributed by atoms with Crippen LogP contribution in [0.15, 0.2) is 24.3 Å². The number of aromatic hydroxyl groups is 2. The molecule has 0 radical (unpaired) electrons. The number of hydrogen-bond donors (Lipinski definition) is 4. The van der Waals surface area contributed by atoms with Crippen molar-refractivity contribution in [2.24, 2.45) is 11.5 Å². The Kier molecular flexibility index (Phi) is 6.14. The number of nitrogens with two attached hydrogens (primary N) is 2. The molecule has 0 saturated heterocycles. The molecule has 4 heteroatoms. The second-order valence-electron chi connectivity index (χ2n) is 10.6. The Hall–Kier alpha value is -2.04. The predicted molar refractivity (Wildman–Crippen MR) is 122 cm³/mol. The molecule has 0 aliphatic heterocycles. The Bertz CT molecular complexity index is 827. The monoisotopic (exact) mass is 398 g/mol. The van der Waals surface area contributed by atoms with Gasteiger partial charge in [0.25, 0.3) is 0 Å². The van der Waals surface area contributed by atoms with E-state index in [0.29, 0.717) is 13.1 Å². The summed E-state index contributed by atoms with van der Waals surface area (Å²) in [7, 11) is 0. The van der Waals surface area contributed by atoms with Gasteiger partial charge in [-0.15, -0.1) is 0 Å². The van der Waals surface area contributed by atoms with Crippen LogP contribution in [0.3, 0.4) is 0 Å². The van der Waals surface area contributed by atoms with Gasteiger partial charge in [-0.25, -0.2) is 0 Å². The summed E-state index contributed by atoms with van der Waals surface area (Å²) in [6.07, 6.45) is 0. The molecule has 4 nitrogen and oxygen atoms in total. The van der Waals surface area contributed by atoms with E-state index in [2.05, 4.69) is 67.5 Å². The lowest BCUT2D eigenvalue weighted by Crippen LogP contribution is -2.27. The highest BCUT2D eigenvalue weighted by atomic mass is 16.3. The maximum absolute atomic E-state index is 10.6. The summed E-state index contributed by atoms with van der Waals surface area (Å²) in [5.41, 5.74) is 17.1. The van der Waals surface area contributed by atoms with Gasteiger partial charge in [0.05, 0.1) is 0 Å². The maximum atomic E-state index is 10.6. The quantitative estimate of drug-likeness (QED) is 0.587. The smallest absolute Gasteiger partial charge is 0.119 e. The summed E-state index contributed by atoms with van der Waals surface area (Å²) in [5, 5.41) is 21.2. The molecule has 0 aliphatic rings. The van der Waals surface area contributed by atoms with Crippen LogP contribution < -0.4 is 11.5 Å². The molecule has 0 aromatic heterocycles. The van der Waals surface area contributed by atoms with Crippen LogP contribution in [0.2, 0.25) is 0 Å². The Morgan fingerprint density at radius 3 is 1.14 bits per heavy atom. The fourth-order valence-corrected chi connectivity index (χ4v) is 4.11. The summed E-state index contributed by atoms with van der Waals surface area (Å²) in [6, 6.07) is 7.76. The van der Waals surface area contributed by atoms with E-state index in [1.165, 1.54) is 0 Å². The van der Waals surface area contributed by atoms with E-state index in [1.807, 2.05) is 0 Å². The van der Waals surface area contributed by atoms with Gasteiger partial charge in [0.15, 0.2) is 0 Å². The average Bonchev–Trinajstić information content (AvgIpc) is 2.58. The third kappa shape index (κ3) is 4.44. The topological polar surface area (TPSA) is 92.5 Å². The number of phenols is 2. The van der Waals surface area contributed by atoms with Crippen LogP contribution in [0.25, 0.3) is 0 Å². The van der Waals surface area contributed by atoms with Crippen molar-refractivity contribution in [3.8, 4) is 11.5 Å². The molecule has 160 valence electrons. The average molecular weight is 399 g/mol. The van der Waals surface area contributed by atoms with Crippen LogP contribution in [-0.4, -0.2) is 10.2 Å². The minimum absolute atomic E-state index is 0.204. The second kappa shape index (κ2) is 7.66. The molecule has 29 heavy (non-hydrogen) atoms. The number of hydrogen-bond acceptors (Lipinski definition) is 4. The molecule has 0 fully saturated rings. The first-order chi connectivity index (χ1) is 13.1. The zero-order chi connectivity index (χ0) is 22.4. The van der Waals surface area contributed by atoms with Gasteiger partial charge in [0.1, 0.15) is 11.5 Å². The second-order valence-corrected chi connectivity index (χ2v) is 10.6. The first-order valence-electron chi connectivity index (χ1n) is 10.3. The Balaban J connectivity index is 2.85. The Morgan fingerprint density at radius 1 is 0.586 bits per heavy atom. The number of phenolic OH excluding ortho intramolecular Hbond substituents is 2. The molecule has 0 aliphatic carbocycles. The molecule has 6 N–H and O–H groups in total. The minimum Gasteiger partial charge on any atom is -0.508 e. The van der Waals surface area contributed by atoms with Crippen molar-refractivity contribution in [3.05, 3.63) is 57.6 Å². The van der Waals surface area contributed by atoms with Gasteiger partial charge < -0.3 is 21.7 Å². The molecule has 0 unspecified atom stereocenters. The molecule has 0 saturated carbocycles. The van der Waals surface area contributed by atoms with Gasteiger partial charge in [-0.3, -0.25) is 0 Å². The van der Waals surface area contributed by atoms with Crippen molar-refractivity contribution in [2.75, 3.05) is 0 Å². The summed E-state index contributed by atoms with van der Waals surface area (Å²) in [5.74, 6) is 0.551. The van der Waals surface area contributed by atoms with E-state index < -0.39 is 5.41 Å². The van der Waals surface area contributed by atoms with Gasteiger partial charge >= 0.3 is 0 Å². The van der Waals surface area contributed by atoms with Crippen LogP contribution >= 0.6 is 0 Å². The van der Waals surface area contributed by atoms with Crippen LogP contribution in [0, 0.1) is 0 Å². The van der Waals surface area contributed by atoms with Crippen molar-refractivity contribution in [1.29, 1.82) is 0 Å². The van der Waals surface area contributed by atoms with Crippen LogP contribution in [0.5, 0.6) is 11.5 Å². The summed E-state index contributed by atoms with van der Waals surface area (Å²) < 4.78 is 0. The molecule has 0 spiro atoms. The molecular formula is C25H38N2O2. The zero-order valence-corrected chi connectivity index (χ0v) is 19.3. The Morgan fingerprint density at radius 2 is 0.897 bits per heavy atom. The lowest BCUT2D eigenvalue weighted by atomic mass is 9.70. The van der Waals surface area contributed by atoms with Crippen LogP contribution in [0.1, 0.15) is 88.8 Å². The van der Waals surface area contributed by atoms with Gasteiger partial charge in [-0.2, -0.15) is 0 Å². The highest BCUT2D eigenvalue weighted by molar-refractivity contribution is 5.55. The molecule has 0 atom stereocenters. The normalized spacial score (nSPS) is 13.0. The number of benzene rings is 2. The first kappa shape index (κ1) is 23.2. The van der Waals surface area contributed by atoms with Crippen molar-refractivity contribution < 1.29 is 10.2 Å². The predicted octanol–water partition coefficient (Wildman–Crippen LogP) is 4.94. The summed E-state index contributed by atoms with van der Waals surface area (Å²) in [4.78, 5) is 0. The van der Waals surface area contributed by atoms with E-state index >= 15 is 0 Å². The lowest BCUT2D eigenvalue weighted by molar-refractivity contribution is 0.442. The highest BCUT2D eigenvalue weighted by Gasteiger charge is 2.32. The van der Waals surface area contributed by atoms with E-state index in [4.69, 9.17) is 11.5 Å². The molecule has 2 aromatic carbocycles. The number of rotatable bonds is 4. The zero-order valence-electron chi connectivity index (χ0n) is 19.3. The molecule has 2 aromatic rings. The summed E-state index contributed by atoms with van der Waals surface area (Å²) >= 11 is 0. The largest absolute Gasteiger partial charge is 0.508 e. The van der Waals surface area contributed by atoms with E-state index in [1.54, 1.807) is 12.1 Å². The van der Waals surface area contributed by atoms with Crippen LogP contribution in [0.4, 0.5) is 0 Å². The fraction of sp³-hybridized carbons (Fsp3) is 0.520. The van der Waals surface area contributed by atoms with Crippen LogP contribution in [-0.2, 0) is 29.3 Å². The molecular weight excluding hydrogens is 360 g/mol. The van der Waals surface area contributed by atoms with Gasteiger partial charge in [-0.1, -0.05) is 67.5 Å². The molecule has 0 amide bonds. The van der Waals surface area contributed by atoms with Crippen molar-refractivity contribution in [1.82, 2.24) is 0 Å². The van der Waals surface area contributed by atoms with Gasteiger partial charge in [-0.05, 0) is 56.3 Å². The van der Waals surface area contributed by atoms with E-state index in [9.17, 15) is 10.2 Å². The SMILES string of the molecule is CC(C)(C)c1cc(C(C)(C)c2cc(C(C)(C)C)c(O)cc2CN)c(CN)cc1O. The lowest BCUT2D eigenvalue weighted by Gasteiger charge is -2.34. The third-order valence-electron chi connectivity index (χ3n) is 5.85. The van der Waals surface area contributed by atoms with Gasteiger partial charge in [0.2, 0.25) is 0 Å². The van der Waals surface area contributed by atoms with Gasteiger partial charge in [0, 0.05) is 18.5 Å².